The monoisotopic (exact) mass is 498 g/mol. The molecule has 0 aromatic heterocycles. The Morgan fingerprint density at radius 2 is 1.21 bits per heavy atom. The van der Waals surface area contributed by atoms with Gasteiger partial charge in [0.2, 0.25) is 0 Å². The van der Waals surface area contributed by atoms with Crippen molar-refractivity contribution in [1.82, 2.24) is 0 Å². The normalized spacial score (nSPS) is 11.6. The van der Waals surface area contributed by atoms with Gasteiger partial charge in [0.15, 0.2) is 0 Å². The maximum atomic E-state index is 13.4. The minimum absolute atomic E-state index is 0.0669. The number of hydrogen-bond acceptors (Lipinski definition) is 5. The molecule has 0 aliphatic rings. The summed E-state index contributed by atoms with van der Waals surface area (Å²) >= 11 is 0. The Bertz CT molecular complexity index is 676. The highest BCUT2D eigenvalue weighted by molar-refractivity contribution is 7.55. The summed E-state index contributed by atoms with van der Waals surface area (Å²) in [5.41, 5.74) is 0.298. The van der Waals surface area contributed by atoms with Crippen molar-refractivity contribution in [2.75, 3.05) is 18.3 Å². The van der Waals surface area contributed by atoms with Gasteiger partial charge in [0, 0.05) is 12.1 Å². The fourth-order valence-electron chi connectivity index (χ4n) is 3.79. The Morgan fingerprint density at radius 1 is 0.765 bits per heavy atom. The first-order valence-corrected chi connectivity index (χ1v) is 15.0. The van der Waals surface area contributed by atoms with Crippen LogP contribution in [0.3, 0.4) is 0 Å². The minimum atomic E-state index is -3.60. The van der Waals surface area contributed by atoms with E-state index < -0.39 is 12.7 Å². The van der Waals surface area contributed by atoms with Crippen molar-refractivity contribution in [3.8, 4) is 0 Å². The number of nitrogens with one attached hydrogen (secondary N) is 1. The average molecular weight is 499 g/mol. The molecular weight excluding hydrogens is 451 g/mol. The number of nitrogens with zero attached hydrogens (tertiary/aromatic N) is 1. The number of nitro benzene ring substituents is 1. The molecule has 0 aliphatic carbocycles. The summed E-state index contributed by atoms with van der Waals surface area (Å²) in [6, 6.07) is 5.95. The van der Waals surface area contributed by atoms with Gasteiger partial charge in [0.05, 0.1) is 23.8 Å². The molecule has 0 amide bonds. The fraction of sp³-hybridized carbons (Fsp3) is 0.769. The summed E-state index contributed by atoms with van der Waals surface area (Å²) in [4.78, 5) is 10.6. The molecular formula is C26H47N2O5P. The Hall–Kier alpha value is -1.43. The van der Waals surface area contributed by atoms with Crippen molar-refractivity contribution < 1.29 is 18.5 Å². The quantitative estimate of drug-likeness (QED) is 0.0699. The summed E-state index contributed by atoms with van der Waals surface area (Å²) in [7, 11) is -3.60. The van der Waals surface area contributed by atoms with Gasteiger partial charge in [-0.05, 0) is 18.9 Å². The first-order valence-electron chi connectivity index (χ1n) is 13.4. The molecule has 8 heteroatoms. The molecule has 0 radical (unpaired) electrons. The molecule has 1 aromatic rings. The van der Waals surface area contributed by atoms with Gasteiger partial charge >= 0.3 is 7.75 Å². The summed E-state index contributed by atoms with van der Waals surface area (Å²) in [6.07, 6.45) is 18.6. The highest BCUT2D eigenvalue weighted by Crippen LogP contribution is 2.48. The second kappa shape index (κ2) is 19.8. The number of hydrogen-bond donors (Lipinski definition) is 1. The van der Waals surface area contributed by atoms with Crippen LogP contribution < -0.4 is 5.09 Å². The molecule has 7 nitrogen and oxygen atoms in total. The molecule has 0 unspecified atom stereocenters. The van der Waals surface area contributed by atoms with E-state index in [9.17, 15) is 14.7 Å². The van der Waals surface area contributed by atoms with Crippen molar-refractivity contribution in [2.24, 2.45) is 0 Å². The zero-order valence-electron chi connectivity index (χ0n) is 21.5. The molecule has 0 fully saturated rings. The SMILES string of the molecule is CCCCCCCCCCOP(=O)(Nc1cccc([N+](=O)[O-])c1)OCCCCCCCCCC. The van der Waals surface area contributed by atoms with Crippen molar-refractivity contribution in [3.63, 3.8) is 0 Å². The predicted octanol–water partition coefficient (Wildman–Crippen LogP) is 9.43. The number of unbranched alkanes of at least 4 members (excludes halogenated alkanes) is 14. The molecule has 34 heavy (non-hydrogen) atoms. The van der Waals surface area contributed by atoms with E-state index in [4.69, 9.17) is 9.05 Å². The highest BCUT2D eigenvalue weighted by Gasteiger charge is 2.25. The van der Waals surface area contributed by atoms with Crippen LogP contribution >= 0.6 is 7.75 Å². The third-order valence-corrected chi connectivity index (χ3v) is 7.42. The lowest BCUT2D eigenvalue weighted by Crippen LogP contribution is -2.07. The lowest BCUT2D eigenvalue weighted by molar-refractivity contribution is -0.384. The second-order valence-corrected chi connectivity index (χ2v) is 10.8. The lowest BCUT2D eigenvalue weighted by Gasteiger charge is -2.20. The second-order valence-electron chi connectivity index (χ2n) is 9.03. The van der Waals surface area contributed by atoms with Gasteiger partial charge in [0.25, 0.3) is 5.69 Å². The van der Waals surface area contributed by atoms with Crippen LogP contribution in [0, 0.1) is 10.1 Å². The third kappa shape index (κ3) is 15.5. The molecule has 1 aromatic carbocycles. The third-order valence-electron chi connectivity index (χ3n) is 5.84. The van der Waals surface area contributed by atoms with Crippen LogP contribution in [-0.4, -0.2) is 18.1 Å². The minimum Gasteiger partial charge on any atom is -0.293 e. The standard InChI is InChI=1S/C26H47N2O5P/c1-3-5-7-9-11-13-15-17-22-32-34(31,27-25-20-19-21-26(24-25)28(29)30)33-23-18-16-14-12-10-8-6-4-2/h19-21,24H,3-18,22-23H2,1-2H3,(H,27,31). The van der Waals surface area contributed by atoms with Crippen LogP contribution in [0.5, 0.6) is 0 Å². The molecule has 196 valence electrons. The van der Waals surface area contributed by atoms with E-state index >= 15 is 0 Å². The zero-order chi connectivity index (χ0) is 24.9. The van der Waals surface area contributed by atoms with E-state index in [2.05, 4.69) is 18.9 Å². The Balaban J connectivity index is 2.45. The van der Waals surface area contributed by atoms with Crippen LogP contribution in [0.2, 0.25) is 0 Å². The van der Waals surface area contributed by atoms with Gasteiger partial charge < -0.3 is 0 Å². The van der Waals surface area contributed by atoms with Gasteiger partial charge in [0.1, 0.15) is 0 Å². The first kappa shape index (κ1) is 30.6. The van der Waals surface area contributed by atoms with E-state index in [1.165, 1.54) is 76.3 Å². The smallest absolute Gasteiger partial charge is 0.293 e. The van der Waals surface area contributed by atoms with Crippen LogP contribution in [0.4, 0.5) is 11.4 Å². The van der Waals surface area contributed by atoms with Gasteiger partial charge in [-0.1, -0.05) is 110 Å². The molecule has 0 aliphatic heterocycles. The first-order chi connectivity index (χ1) is 16.5. The van der Waals surface area contributed by atoms with E-state index in [-0.39, 0.29) is 5.69 Å². The summed E-state index contributed by atoms with van der Waals surface area (Å²) < 4.78 is 24.8. The van der Waals surface area contributed by atoms with Crippen LogP contribution in [-0.2, 0) is 13.6 Å². The lowest BCUT2D eigenvalue weighted by atomic mass is 10.1. The van der Waals surface area contributed by atoms with Crippen molar-refractivity contribution >= 4 is 19.1 Å². The Kier molecular flexibility index (Phi) is 17.8. The maximum Gasteiger partial charge on any atom is 0.432 e. The van der Waals surface area contributed by atoms with Crippen molar-refractivity contribution in [1.29, 1.82) is 0 Å². The molecule has 0 atom stereocenters. The summed E-state index contributed by atoms with van der Waals surface area (Å²) in [6.45, 7) is 5.11. The maximum absolute atomic E-state index is 13.4. The largest absolute Gasteiger partial charge is 0.432 e. The van der Waals surface area contributed by atoms with Crippen LogP contribution in [0.15, 0.2) is 24.3 Å². The highest BCUT2D eigenvalue weighted by atomic mass is 31.2. The summed E-state index contributed by atoms with van der Waals surface area (Å²) in [5.74, 6) is 0. The van der Waals surface area contributed by atoms with Crippen LogP contribution in [0.1, 0.15) is 117 Å². The fourth-order valence-corrected chi connectivity index (χ4v) is 5.19. The topological polar surface area (TPSA) is 90.7 Å². The zero-order valence-corrected chi connectivity index (χ0v) is 22.4. The van der Waals surface area contributed by atoms with Crippen molar-refractivity contribution in [3.05, 3.63) is 34.4 Å². The number of benzene rings is 1. The van der Waals surface area contributed by atoms with E-state index in [1.807, 2.05) is 0 Å². The number of nitro groups is 1. The van der Waals surface area contributed by atoms with Crippen molar-refractivity contribution in [2.45, 2.75) is 117 Å². The molecule has 0 saturated carbocycles. The van der Waals surface area contributed by atoms with E-state index in [0.29, 0.717) is 18.9 Å². The Labute approximate surface area is 207 Å². The average Bonchev–Trinajstić information content (AvgIpc) is 2.82. The molecule has 0 spiro atoms. The molecule has 0 heterocycles. The van der Waals surface area contributed by atoms with Gasteiger partial charge in [-0.25, -0.2) is 4.57 Å². The molecule has 1 N–H and O–H groups in total. The molecule has 1 rings (SSSR count). The number of anilines is 1. The predicted molar refractivity (Wildman–Crippen MR) is 141 cm³/mol. The van der Waals surface area contributed by atoms with Gasteiger partial charge in [-0.3, -0.25) is 24.2 Å². The van der Waals surface area contributed by atoms with Gasteiger partial charge in [-0.2, -0.15) is 0 Å². The van der Waals surface area contributed by atoms with E-state index in [1.54, 1.807) is 12.1 Å². The number of non-ortho nitro benzene ring substituents is 1. The molecule has 0 saturated heterocycles. The van der Waals surface area contributed by atoms with Crippen LogP contribution in [0.25, 0.3) is 0 Å². The molecule has 0 bridgehead atoms. The summed E-state index contributed by atoms with van der Waals surface area (Å²) in [5, 5.41) is 13.9. The van der Waals surface area contributed by atoms with E-state index in [0.717, 1.165) is 38.5 Å². The Morgan fingerprint density at radius 3 is 1.65 bits per heavy atom. The van der Waals surface area contributed by atoms with Gasteiger partial charge in [-0.15, -0.1) is 0 Å². The number of rotatable bonds is 23.